The van der Waals surface area contributed by atoms with Gasteiger partial charge in [-0.05, 0) is 218 Å². The Balaban J connectivity index is 1.81. The first-order valence-electron chi connectivity index (χ1n) is 17.8. The summed E-state index contributed by atoms with van der Waals surface area (Å²) in [5, 5.41) is 15.1. The van der Waals surface area contributed by atoms with Crippen LogP contribution in [0.25, 0.3) is 76.9 Å². The number of nitrogens with one attached hydrogen (secondary N) is 1. The lowest BCUT2D eigenvalue weighted by Crippen LogP contribution is -1.96. The SMILES string of the molecule is C=C/C(=C\C=N)c1cc(C(/C=C\N)=C/C)cc(-c2cc(-c3cc(C(/C=C\N)=C/C)cc(C(/C=C\N)=C/C)c3)c3ccc4cc(C)cc5ccc2c3c54)c1. The van der Waals surface area contributed by atoms with Crippen molar-refractivity contribution in [3.05, 3.63) is 180 Å². The highest BCUT2D eigenvalue weighted by Crippen LogP contribution is 2.46. The number of rotatable bonds is 11. The number of hydrogen-bond acceptors (Lipinski definition) is 4. The topological polar surface area (TPSA) is 102 Å². The molecular weight excluding hydrogens is 645 g/mol. The van der Waals surface area contributed by atoms with Crippen molar-refractivity contribution >= 4 is 60.8 Å². The van der Waals surface area contributed by atoms with Gasteiger partial charge in [0.1, 0.15) is 0 Å². The predicted octanol–water partition coefficient (Wildman–Crippen LogP) is 12.1. The zero-order chi connectivity index (χ0) is 37.6. The van der Waals surface area contributed by atoms with Gasteiger partial charge in [-0.15, -0.1) is 0 Å². The normalized spacial score (nSPS) is 13.5. The highest BCUT2D eigenvalue weighted by atomic mass is 14.5. The minimum atomic E-state index is 0.861. The van der Waals surface area contributed by atoms with E-state index in [4.69, 9.17) is 22.6 Å². The van der Waals surface area contributed by atoms with Gasteiger partial charge >= 0.3 is 0 Å². The lowest BCUT2D eigenvalue weighted by atomic mass is 9.83. The van der Waals surface area contributed by atoms with E-state index >= 15 is 0 Å². The van der Waals surface area contributed by atoms with Crippen LogP contribution in [0.1, 0.15) is 48.6 Å². The van der Waals surface area contributed by atoms with Crippen molar-refractivity contribution < 1.29 is 0 Å². The van der Waals surface area contributed by atoms with Gasteiger partial charge < -0.3 is 22.6 Å². The fourth-order valence-electron chi connectivity index (χ4n) is 7.54. The average molecular weight is 691 g/mol. The Kier molecular flexibility index (Phi) is 10.7. The maximum atomic E-state index is 7.87. The van der Waals surface area contributed by atoms with E-state index in [2.05, 4.69) is 111 Å². The zero-order valence-corrected chi connectivity index (χ0v) is 30.9. The van der Waals surface area contributed by atoms with Gasteiger partial charge in [-0.25, -0.2) is 0 Å². The summed E-state index contributed by atoms with van der Waals surface area (Å²) in [5.41, 5.74) is 31.4. The Bertz CT molecular complexity index is 2540. The van der Waals surface area contributed by atoms with Gasteiger partial charge in [0.15, 0.2) is 0 Å². The molecule has 0 radical (unpaired) electrons. The molecule has 0 atom stereocenters. The van der Waals surface area contributed by atoms with E-state index in [0.29, 0.717) is 0 Å². The van der Waals surface area contributed by atoms with E-state index in [1.165, 1.54) is 38.7 Å². The highest BCUT2D eigenvalue weighted by Gasteiger charge is 2.19. The molecule has 0 bridgehead atoms. The summed E-state index contributed by atoms with van der Waals surface area (Å²) in [4.78, 5) is 0. The second-order valence-corrected chi connectivity index (χ2v) is 13.1. The molecule has 0 aliphatic heterocycles. The maximum absolute atomic E-state index is 7.87. The van der Waals surface area contributed by atoms with Crippen molar-refractivity contribution in [3.63, 3.8) is 0 Å². The lowest BCUT2D eigenvalue weighted by molar-refractivity contribution is 1.50. The molecule has 4 heteroatoms. The first-order chi connectivity index (χ1) is 25.8. The molecule has 53 heavy (non-hydrogen) atoms. The van der Waals surface area contributed by atoms with Crippen LogP contribution < -0.4 is 17.2 Å². The monoisotopic (exact) mass is 690 g/mol. The minimum absolute atomic E-state index is 0.861. The molecule has 6 aromatic carbocycles. The van der Waals surface area contributed by atoms with Crippen molar-refractivity contribution in [2.45, 2.75) is 27.7 Å². The maximum Gasteiger partial charge on any atom is 0.0183 e. The van der Waals surface area contributed by atoms with Crippen LogP contribution in [0.4, 0.5) is 0 Å². The van der Waals surface area contributed by atoms with Gasteiger partial charge in [0.2, 0.25) is 0 Å². The van der Waals surface area contributed by atoms with Crippen LogP contribution in [-0.4, -0.2) is 6.21 Å². The third-order valence-corrected chi connectivity index (χ3v) is 9.93. The van der Waals surface area contributed by atoms with E-state index < -0.39 is 0 Å². The van der Waals surface area contributed by atoms with Crippen LogP contribution >= 0.6 is 0 Å². The Morgan fingerprint density at radius 1 is 0.547 bits per heavy atom. The zero-order valence-electron chi connectivity index (χ0n) is 30.9. The van der Waals surface area contributed by atoms with E-state index in [1.807, 2.05) is 39.0 Å². The summed E-state index contributed by atoms with van der Waals surface area (Å²) < 4.78 is 0. The number of benzene rings is 6. The molecule has 0 heterocycles. The predicted molar refractivity (Wildman–Crippen MR) is 234 cm³/mol. The van der Waals surface area contributed by atoms with Crippen molar-refractivity contribution in [3.8, 4) is 22.3 Å². The first kappa shape index (κ1) is 36.2. The third-order valence-electron chi connectivity index (χ3n) is 9.93. The fourth-order valence-corrected chi connectivity index (χ4v) is 7.54. The van der Waals surface area contributed by atoms with Crippen molar-refractivity contribution in [2.24, 2.45) is 17.2 Å². The molecule has 0 saturated carbocycles. The number of allylic oxidation sites excluding steroid dienone is 12. The molecule has 0 fully saturated rings. The summed E-state index contributed by atoms with van der Waals surface area (Å²) in [5.74, 6) is 0. The fraction of sp³-hybridized carbons (Fsp3) is 0.0816. The third kappa shape index (κ3) is 6.87. The summed E-state index contributed by atoms with van der Waals surface area (Å²) in [7, 11) is 0. The summed E-state index contributed by atoms with van der Waals surface area (Å²) >= 11 is 0. The Morgan fingerprint density at radius 3 is 1.32 bits per heavy atom. The van der Waals surface area contributed by atoms with E-state index in [-0.39, 0.29) is 0 Å². The molecule has 0 aliphatic rings. The Morgan fingerprint density at radius 2 is 0.962 bits per heavy atom. The minimum Gasteiger partial charge on any atom is -0.405 e. The molecule has 0 saturated heterocycles. The van der Waals surface area contributed by atoms with Gasteiger partial charge in [0.25, 0.3) is 0 Å². The molecular formula is C49H46N4. The molecule has 4 nitrogen and oxygen atoms in total. The van der Waals surface area contributed by atoms with E-state index in [9.17, 15) is 0 Å². The molecule has 6 rings (SSSR count). The summed E-state index contributed by atoms with van der Waals surface area (Å²) in [6.45, 7) is 12.3. The van der Waals surface area contributed by atoms with Crippen LogP contribution in [0.3, 0.4) is 0 Å². The van der Waals surface area contributed by atoms with Gasteiger partial charge in [0, 0.05) is 6.21 Å². The van der Waals surface area contributed by atoms with Crippen LogP contribution in [0, 0.1) is 12.3 Å². The molecule has 0 aliphatic carbocycles. The van der Waals surface area contributed by atoms with Crippen LogP contribution in [0.15, 0.2) is 153 Å². The van der Waals surface area contributed by atoms with E-state index in [0.717, 1.165) is 72.2 Å². The van der Waals surface area contributed by atoms with Gasteiger partial charge in [-0.1, -0.05) is 67.3 Å². The van der Waals surface area contributed by atoms with Crippen LogP contribution in [0.5, 0.6) is 0 Å². The molecule has 0 unspecified atom stereocenters. The van der Waals surface area contributed by atoms with Gasteiger partial charge in [0.05, 0.1) is 0 Å². The largest absolute Gasteiger partial charge is 0.405 e. The van der Waals surface area contributed by atoms with Crippen molar-refractivity contribution in [1.29, 1.82) is 5.41 Å². The highest BCUT2D eigenvalue weighted by molar-refractivity contribution is 6.28. The van der Waals surface area contributed by atoms with E-state index in [1.54, 1.807) is 30.8 Å². The van der Waals surface area contributed by atoms with Gasteiger partial charge in [-0.3, -0.25) is 0 Å². The second kappa shape index (κ2) is 15.7. The van der Waals surface area contributed by atoms with Crippen LogP contribution in [0.2, 0.25) is 0 Å². The summed E-state index contributed by atoms with van der Waals surface area (Å²) in [6, 6.07) is 29.2. The number of nitrogens with two attached hydrogens (primary N) is 3. The lowest BCUT2D eigenvalue weighted by Gasteiger charge is -2.20. The Labute approximate surface area is 312 Å². The summed E-state index contributed by atoms with van der Waals surface area (Å²) in [6.07, 6.45) is 21.7. The molecule has 6 aromatic rings. The smallest absolute Gasteiger partial charge is 0.0183 e. The quantitative estimate of drug-likeness (QED) is 0.0618. The molecule has 262 valence electrons. The molecule has 0 amide bonds. The molecule has 0 spiro atoms. The first-order valence-corrected chi connectivity index (χ1v) is 17.8. The molecule has 0 aromatic heterocycles. The van der Waals surface area contributed by atoms with Crippen molar-refractivity contribution in [1.82, 2.24) is 0 Å². The average Bonchev–Trinajstić information content (AvgIpc) is 3.18. The van der Waals surface area contributed by atoms with Crippen LogP contribution in [-0.2, 0) is 0 Å². The number of hydrogen-bond donors (Lipinski definition) is 4. The van der Waals surface area contributed by atoms with Crippen molar-refractivity contribution in [2.75, 3.05) is 0 Å². The molecule has 7 N–H and O–H groups in total. The second-order valence-electron chi connectivity index (χ2n) is 13.1. The standard InChI is InChI=1S/C49H46N4/c1-6-32(14-18-50)38-24-39(33(7-2)15-19-51)27-42(26-38)46-30-47(45-13-11-37-23-31(5)22-36-10-12-44(46)49(45)48(36)37)43-28-40(34(8-3)16-20-52)25-41(29-43)35(9-4)17-21-53/h6-30,50H,1,51-53H2,2-5H3/b19-15-,20-16-,21-17-,32-14+,33-7+,34-8+,35-9+,50-18?. The number of aryl methyl sites for hydroxylation is 1. The van der Waals surface area contributed by atoms with Gasteiger partial charge in [-0.2, -0.15) is 0 Å². The Hall–Kier alpha value is -6.65.